The summed E-state index contributed by atoms with van der Waals surface area (Å²) in [6.07, 6.45) is 2.62. The van der Waals surface area contributed by atoms with Crippen LogP contribution in [0.2, 0.25) is 0 Å². The predicted octanol–water partition coefficient (Wildman–Crippen LogP) is 3.74. The van der Waals surface area contributed by atoms with Crippen LogP contribution in [0.15, 0.2) is 48.5 Å². The molecule has 1 saturated heterocycles. The van der Waals surface area contributed by atoms with Crippen molar-refractivity contribution in [3.63, 3.8) is 0 Å². The topological polar surface area (TPSA) is 26.3 Å². The Balaban J connectivity index is 2.02. The van der Waals surface area contributed by atoms with Gasteiger partial charge in [0.15, 0.2) is 5.60 Å². The third-order valence-corrected chi connectivity index (χ3v) is 5.26. The van der Waals surface area contributed by atoms with Gasteiger partial charge >= 0.3 is 5.97 Å². The zero-order valence-corrected chi connectivity index (χ0v) is 13.1. The molecule has 1 unspecified atom stereocenters. The Morgan fingerprint density at radius 2 is 1.48 bits per heavy atom. The molecule has 0 N–H and O–H groups in total. The van der Waals surface area contributed by atoms with Crippen LogP contribution in [0, 0.1) is 0 Å². The minimum atomic E-state index is -0.630. The molecule has 0 bridgehead atoms. The number of esters is 1. The van der Waals surface area contributed by atoms with Crippen molar-refractivity contribution in [1.29, 1.82) is 0 Å². The van der Waals surface area contributed by atoms with Crippen LogP contribution < -0.4 is 0 Å². The molecule has 1 atom stereocenters. The molecule has 1 fully saturated rings. The molecule has 0 aromatic heterocycles. The lowest BCUT2D eigenvalue weighted by atomic mass is 9.81. The Bertz CT molecular complexity index is 675. The Morgan fingerprint density at radius 1 is 0.952 bits per heavy atom. The molecule has 21 heavy (non-hydrogen) atoms. The lowest BCUT2D eigenvalue weighted by molar-refractivity contribution is -0.146. The number of rotatable bonds is 0. The van der Waals surface area contributed by atoms with Gasteiger partial charge in [-0.1, -0.05) is 64.5 Å². The van der Waals surface area contributed by atoms with Crippen molar-refractivity contribution in [2.24, 2.45) is 0 Å². The Labute approximate surface area is 132 Å². The van der Waals surface area contributed by atoms with E-state index in [4.69, 9.17) is 4.74 Å². The average molecular weight is 343 g/mol. The summed E-state index contributed by atoms with van der Waals surface area (Å²) in [4.78, 5) is 11.9. The minimum Gasteiger partial charge on any atom is -0.448 e. The fraction of sp³-hybridized carbons (Fsp3) is 0.278. The summed E-state index contributed by atoms with van der Waals surface area (Å²) in [6.45, 7) is 0. The second-order valence-electron chi connectivity index (χ2n) is 5.73. The lowest BCUT2D eigenvalue weighted by Crippen LogP contribution is -2.28. The third kappa shape index (κ3) is 1.87. The standard InChI is InChI=1S/C18H15BrO2/c19-16-11-18(21-17(16)20)14-7-3-1-5-12(14)9-10-13-6-2-4-8-15(13)18/h1-8,16H,9-11H2. The highest BCUT2D eigenvalue weighted by molar-refractivity contribution is 9.10. The highest BCUT2D eigenvalue weighted by Crippen LogP contribution is 2.48. The molecule has 106 valence electrons. The van der Waals surface area contributed by atoms with Gasteiger partial charge in [0.1, 0.15) is 4.83 Å². The van der Waals surface area contributed by atoms with Crippen LogP contribution in [-0.4, -0.2) is 10.8 Å². The number of aryl methyl sites for hydroxylation is 2. The predicted molar refractivity (Wildman–Crippen MR) is 84.5 cm³/mol. The molecule has 1 spiro atoms. The van der Waals surface area contributed by atoms with Gasteiger partial charge in [-0.25, -0.2) is 0 Å². The Kier molecular flexibility index (Phi) is 2.93. The first kappa shape index (κ1) is 13.1. The minimum absolute atomic E-state index is 0.165. The van der Waals surface area contributed by atoms with Gasteiger partial charge in [-0.3, -0.25) is 4.79 Å². The van der Waals surface area contributed by atoms with Crippen LogP contribution >= 0.6 is 15.9 Å². The molecule has 2 aromatic carbocycles. The molecular weight excluding hydrogens is 328 g/mol. The largest absolute Gasteiger partial charge is 0.448 e. The number of carbonyl (C=O) groups is 1. The van der Waals surface area contributed by atoms with Gasteiger partial charge in [-0.05, 0) is 24.0 Å². The number of ether oxygens (including phenoxy) is 1. The van der Waals surface area contributed by atoms with E-state index in [2.05, 4.69) is 52.3 Å². The van der Waals surface area contributed by atoms with Gasteiger partial charge in [0.25, 0.3) is 0 Å². The van der Waals surface area contributed by atoms with E-state index in [1.165, 1.54) is 11.1 Å². The Morgan fingerprint density at radius 3 is 1.95 bits per heavy atom. The normalized spacial score (nSPS) is 22.3. The molecule has 0 radical (unpaired) electrons. The highest BCUT2D eigenvalue weighted by atomic mass is 79.9. The highest BCUT2D eigenvalue weighted by Gasteiger charge is 2.50. The van der Waals surface area contributed by atoms with E-state index in [0.717, 1.165) is 24.0 Å². The summed E-state index contributed by atoms with van der Waals surface area (Å²) < 4.78 is 5.95. The van der Waals surface area contributed by atoms with Gasteiger partial charge in [0.05, 0.1) is 0 Å². The number of carbonyl (C=O) groups excluding carboxylic acids is 1. The number of benzene rings is 2. The molecule has 1 aliphatic carbocycles. The summed E-state index contributed by atoms with van der Waals surface area (Å²) in [6, 6.07) is 16.7. The third-order valence-electron chi connectivity index (χ3n) is 4.57. The van der Waals surface area contributed by atoms with Crippen molar-refractivity contribution in [1.82, 2.24) is 0 Å². The van der Waals surface area contributed by atoms with E-state index < -0.39 is 5.60 Å². The molecule has 0 saturated carbocycles. The van der Waals surface area contributed by atoms with Crippen molar-refractivity contribution >= 4 is 21.9 Å². The van der Waals surface area contributed by atoms with E-state index in [0.29, 0.717) is 6.42 Å². The second-order valence-corrected chi connectivity index (χ2v) is 6.84. The fourth-order valence-electron chi connectivity index (χ4n) is 3.62. The summed E-state index contributed by atoms with van der Waals surface area (Å²) in [5, 5.41) is 0. The zero-order chi connectivity index (χ0) is 14.4. The van der Waals surface area contributed by atoms with E-state index in [9.17, 15) is 4.79 Å². The number of halogens is 1. The van der Waals surface area contributed by atoms with Crippen LogP contribution in [0.3, 0.4) is 0 Å². The van der Waals surface area contributed by atoms with Crippen LogP contribution in [0.5, 0.6) is 0 Å². The van der Waals surface area contributed by atoms with Gasteiger partial charge in [0, 0.05) is 17.5 Å². The monoisotopic (exact) mass is 342 g/mol. The lowest BCUT2D eigenvalue weighted by Gasteiger charge is -2.30. The molecule has 2 nitrogen and oxygen atoms in total. The summed E-state index contributed by atoms with van der Waals surface area (Å²) in [5.74, 6) is -0.165. The van der Waals surface area contributed by atoms with Crippen molar-refractivity contribution < 1.29 is 9.53 Å². The SMILES string of the molecule is O=C1OC2(CC1Br)c1ccccc1CCc1ccccc12. The molecular formula is C18H15BrO2. The maximum absolute atomic E-state index is 12.1. The van der Waals surface area contributed by atoms with Crippen LogP contribution in [-0.2, 0) is 28.0 Å². The molecule has 0 amide bonds. The number of fused-ring (bicyclic) bond motifs is 4. The fourth-order valence-corrected chi connectivity index (χ4v) is 4.17. The van der Waals surface area contributed by atoms with Crippen LogP contribution in [0.1, 0.15) is 28.7 Å². The van der Waals surface area contributed by atoms with Crippen molar-refractivity contribution in [2.45, 2.75) is 29.7 Å². The van der Waals surface area contributed by atoms with E-state index in [-0.39, 0.29) is 10.8 Å². The van der Waals surface area contributed by atoms with Gasteiger partial charge < -0.3 is 4.74 Å². The average Bonchev–Trinajstić information content (AvgIpc) is 2.74. The van der Waals surface area contributed by atoms with E-state index >= 15 is 0 Å². The molecule has 1 heterocycles. The second kappa shape index (κ2) is 4.70. The maximum atomic E-state index is 12.1. The van der Waals surface area contributed by atoms with E-state index in [1.54, 1.807) is 0 Å². The van der Waals surface area contributed by atoms with Gasteiger partial charge in [-0.2, -0.15) is 0 Å². The maximum Gasteiger partial charge on any atom is 0.321 e. The molecule has 4 rings (SSSR count). The number of hydrogen-bond acceptors (Lipinski definition) is 2. The zero-order valence-electron chi connectivity index (χ0n) is 11.5. The van der Waals surface area contributed by atoms with Crippen molar-refractivity contribution in [3.05, 3.63) is 70.8 Å². The first-order chi connectivity index (χ1) is 10.2. The quantitative estimate of drug-likeness (QED) is 0.538. The summed E-state index contributed by atoms with van der Waals surface area (Å²) in [7, 11) is 0. The summed E-state index contributed by atoms with van der Waals surface area (Å²) in [5.41, 5.74) is 4.22. The van der Waals surface area contributed by atoms with Gasteiger partial charge in [0.2, 0.25) is 0 Å². The molecule has 2 aliphatic rings. The first-order valence-electron chi connectivity index (χ1n) is 7.24. The van der Waals surface area contributed by atoms with E-state index in [1.807, 2.05) is 12.1 Å². The van der Waals surface area contributed by atoms with Crippen molar-refractivity contribution in [3.8, 4) is 0 Å². The smallest absolute Gasteiger partial charge is 0.321 e. The molecule has 3 heteroatoms. The molecule has 1 aliphatic heterocycles. The first-order valence-corrected chi connectivity index (χ1v) is 8.16. The Hall–Kier alpha value is -1.61. The van der Waals surface area contributed by atoms with Crippen molar-refractivity contribution in [2.75, 3.05) is 0 Å². The summed E-state index contributed by atoms with van der Waals surface area (Å²) >= 11 is 3.47. The molecule has 2 aromatic rings. The van der Waals surface area contributed by atoms with Crippen LogP contribution in [0.4, 0.5) is 0 Å². The number of hydrogen-bond donors (Lipinski definition) is 0. The van der Waals surface area contributed by atoms with Crippen LogP contribution in [0.25, 0.3) is 0 Å². The van der Waals surface area contributed by atoms with Gasteiger partial charge in [-0.15, -0.1) is 0 Å². The number of alkyl halides is 1.